The minimum atomic E-state index is -1.78. The number of rotatable bonds is 7. The Balaban J connectivity index is 2.47. The van der Waals surface area contributed by atoms with Crippen molar-refractivity contribution < 1.29 is 34.7 Å². The van der Waals surface area contributed by atoms with E-state index in [-0.39, 0.29) is 5.76 Å². The highest BCUT2D eigenvalue weighted by Gasteiger charge is 2.29. The molecule has 0 spiro atoms. The van der Waals surface area contributed by atoms with Gasteiger partial charge in [0.1, 0.15) is 24.4 Å². The molecule has 0 aromatic carbocycles. The van der Waals surface area contributed by atoms with Crippen LogP contribution in [0.1, 0.15) is 10.6 Å². The Hall–Kier alpha value is -1.78. The van der Waals surface area contributed by atoms with Crippen LogP contribution in [0.5, 0.6) is 0 Å². The van der Waals surface area contributed by atoms with Gasteiger partial charge in [-0.3, -0.25) is 4.79 Å². The van der Waals surface area contributed by atoms with E-state index < -0.39 is 36.9 Å². The molecule has 0 bridgehead atoms. The number of aliphatic hydroxyl groups is 5. The van der Waals surface area contributed by atoms with Gasteiger partial charge in [0.15, 0.2) is 5.76 Å². The fraction of sp³-hybridized carbons (Fsp3) is 0.455. The van der Waals surface area contributed by atoms with Crippen LogP contribution in [-0.2, 0) is 0 Å². The summed E-state index contributed by atoms with van der Waals surface area (Å²) in [7, 11) is 0. The van der Waals surface area contributed by atoms with E-state index in [2.05, 4.69) is 5.10 Å². The smallest absolute Gasteiger partial charge is 0.307 e. The standard InChI is InChI=1S/C11H16N2O7/c14-5-7(16)10(18)9(17)6(15)4-12-13-11(19)8-2-1-3-20-8/h1-4,6-7,9-10,14-18H,5H2,(H,13,19)/b12-4-/t6-,7+,9+,10+/m0/s1. The summed E-state index contributed by atoms with van der Waals surface area (Å²) in [6.45, 7) is -0.780. The van der Waals surface area contributed by atoms with Crippen molar-refractivity contribution in [2.24, 2.45) is 5.10 Å². The fourth-order valence-corrected chi connectivity index (χ4v) is 1.26. The van der Waals surface area contributed by atoms with Gasteiger partial charge in [0, 0.05) is 0 Å². The second-order valence-electron chi connectivity index (χ2n) is 3.92. The molecule has 0 saturated heterocycles. The lowest BCUT2D eigenvalue weighted by Crippen LogP contribution is -2.46. The van der Waals surface area contributed by atoms with Gasteiger partial charge in [-0.25, -0.2) is 5.43 Å². The monoisotopic (exact) mass is 288 g/mol. The highest BCUT2D eigenvalue weighted by molar-refractivity contribution is 5.91. The molecule has 1 aromatic heterocycles. The van der Waals surface area contributed by atoms with E-state index in [9.17, 15) is 20.1 Å². The van der Waals surface area contributed by atoms with Gasteiger partial charge >= 0.3 is 5.91 Å². The maximum Gasteiger partial charge on any atom is 0.307 e. The number of furan rings is 1. The van der Waals surface area contributed by atoms with Crippen LogP contribution in [0, 0.1) is 0 Å². The summed E-state index contributed by atoms with van der Waals surface area (Å²) >= 11 is 0. The van der Waals surface area contributed by atoms with Gasteiger partial charge in [-0.2, -0.15) is 5.10 Å². The minimum Gasteiger partial charge on any atom is -0.459 e. The van der Waals surface area contributed by atoms with Crippen LogP contribution in [-0.4, -0.2) is 68.7 Å². The third-order valence-corrected chi connectivity index (χ3v) is 2.42. The summed E-state index contributed by atoms with van der Waals surface area (Å²) in [6, 6.07) is 2.90. The largest absolute Gasteiger partial charge is 0.459 e. The average Bonchev–Trinajstić information content (AvgIpc) is 2.98. The molecular weight excluding hydrogens is 272 g/mol. The van der Waals surface area contributed by atoms with Gasteiger partial charge in [-0.05, 0) is 12.1 Å². The summed E-state index contributed by atoms with van der Waals surface area (Å²) in [5.74, 6) is -0.656. The number of carbonyl (C=O) groups excluding carboxylic acids is 1. The summed E-state index contributed by atoms with van der Waals surface area (Å²) in [5, 5.41) is 49.3. The summed E-state index contributed by atoms with van der Waals surface area (Å²) < 4.78 is 4.79. The van der Waals surface area contributed by atoms with Crippen LogP contribution in [0.15, 0.2) is 27.9 Å². The molecule has 9 heteroatoms. The third-order valence-electron chi connectivity index (χ3n) is 2.42. The van der Waals surface area contributed by atoms with Crippen LogP contribution in [0.3, 0.4) is 0 Å². The molecule has 6 N–H and O–H groups in total. The molecule has 4 atom stereocenters. The highest BCUT2D eigenvalue weighted by atomic mass is 16.4. The number of aliphatic hydroxyl groups excluding tert-OH is 5. The van der Waals surface area contributed by atoms with Crippen LogP contribution in [0.25, 0.3) is 0 Å². The molecule has 0 unspecified atom stereocenters. The van der Waals surface area contributed by atoms with Gasteiger partial charge < -0.3 is 29.9 Å². The van der Waals surface area contributed by atoms with E-state index in [0.29, 0.717) is 0 Å². The van der Waals surface area contributed by atoms with Gasteiger partial charge in [-0.15, -0.1) is 0 Å². The molecule has 1 rings (SSSR count). The second kappa shape index (κ2) is 7.72. The first-order valence-corrected chi connectivity index (χ1v) is 5.67. The van der Waals surface area contributed by atoms with Gasteiger partial charge in [0.2, 0.25) is 0 Å². The first-order valence-electron chi connectivity index (χ1n) is 5.67. The van der Waals surface area contributed by atoms with E-state index in [4.69, 9.17) is 14.6 Å². The molecule has 0 aliphatic heterocycles. The zero-order chi connectivity index (χ0) is 15.1. The number of nitrogens with zero attached hydrogens (tertiary/aromatic N) is 1. The Bertz CT molecular complexity index is 434. The molecule has 9 nitrogen and oxygen atoms in total. The average molecular weight is 288 g/mol. The van der Waals surface area contributed by atoms with Crippen molar-refractivity contribution in [3.63, 3.8) is 0 Å². The number of hydrogen-bond donors (Lipinski definition) is 6. The Morgan fingerprint density at radius 3 is 2.60 bits per heavy atom. The molecule has 1 amide bonds. The molecule has 1 aromatic rings. The van der Waals surface area contributed by atoms with E-state index >= 15 is 0 Å². The van der Waals surface area contributed by atoms with Crippen LogP contribution in [0.4, 0.5) is 0 Å². The number of amides is 1. The predicted molar refractivity (Wildman–Crippen MR) is 65.8 cm³/mol. The minimum absolute atomic E-state index is 0.00734. The number of hydrogen-bond acceptors (Lipinski definition) is 8. The fourth-order valence-electron chi connectivity index (χ4n) is 1.26. The lowest BCUT2D eigenvalue weighted by Gasteiger charge is -2.23. The van der Waals surface area contributed by atoms with Crippen molar-refractivity contribution in [3.8, 4) is 0 Å². The highest BCUT2D eigenvalue weighted by Crippen LogP contribution is 2.04. The molecule has 0 radical (unpaired) electrons. The van der Waals surface area contributed by atoms with Crippen molar-refractivity contribution in [3.05, 3.63) is 24.2 Å². The first-order chi connectivity index (χ1) is 9.47. The maximum absolute atomic E-state index is 11.4. The van der Waals surface area contributed by atoms with Crippen LogP contribution >= 0.6 is 0 Å². The van der Waals surface area contributed by atoms with Crippen molar-refractivity contribution in [2.45, 2.75) is 24.4 Å². The zero-order valence-corrected chi connectivity index (χ0v) is 10.3. The van der Waals surface area contributed by atoms with Gasteiger partial charge in [0.25, 0.3) is 0 Å². The molecule has 20 heavy (non-hydrogen) atoms. The van der Waals surface area contributed by atoms with Crippen LogP contribution < -0.4 is 5.43 Å². The maximum atomic E-state index is 11.4. The molecule has 0 aliphatic carbocycles. The summed E-state index contributed by atoms with van der Waals surface area (Å²) in [4.78, 5) is 11.4. The quantitative estimate of drug-likeness (QED) is 0.238. The van der Waals surface area contributed by atoms with Crippen molar-refractivity contribution >= 4 is 12.1 Å². The normalized spacial score (nSPS) is 17.6. The third kappa shape index (κ3) is 4.40. The predicted octanol–water partition coefficient (Wildman–Crippen LogP) is -2.57. The topological polar surface area (TPSA) is 156 Å². The number of nitrogens with one attached hydrogen (secondary N) is 1. The lowest BCUT2D eigenvalue weighted by atomic mass is 10.0. The summed E-state index contributed by atoms with van der Waals surface area (Å²) in [6.07, 6.45) is -4.74. The molecule has 0 fully saturated rings. The Morgan fingerprint density at radius 1 is 1.35 bits per heavy atom. The van der Waals surface area contributed by atoms with Crippen LogP contribution in [0.2, 0.25) is 0 Å². The summed E-state index contributed by atoms with van der Waals surface area (Å²) in [5.41, 5.74) is 2.03. The molecule has 0 aliphatic rings. The van der Waals surface area contributed by atoms with Gasteiger partial charge in [0.05, 0.1) is 19.1 Å². The lowest BCUT2D eigenvalue weighted by molar-refractivity contribution is -0.0999. The number of carbonyl (C=O) groups is 1. The molecule has 112 valence electrons. The van der Waals surface area contributed by atoms with Crippen molar-refractivity contribution in [1.29, 1.82) is 0 Å². The Kier molecular flexibility index (Phi) is 6.28. The second-order valence-corrected chi connectivity index (χ2v) is 3.92. The van der Waals surface area contributed by atoms with E-state index in [0.717, 1.165) is 6.21 Å². The molecule has 0 saturated carbocycles. The van der Waals surface area contributed by atoms with E-state index in [1.54, 1.807) is 0 Å². The first kappa shape index (κ1) is 16.3. The van der Waals surface area contributed by atoms with Gasteiger partial charge in [-0.1, -0.05) is 0 Å². The zero-order valence-electron chi connectivity index (χ0n) is 10.3. The number of hydrazone groups is 1. The Morgan fingerprint density at radius 2 is 2.05 bits per heavy atom. The Labute approximate surface area is 113 Å². The van der Waals surface area contributed by atoms with Crippen molar-refractivity contribution in [2.75, 3.05) is 6.61 Å². The van der Waals surface area contributed by atoms with Crippen molar-refractivity contribution in [1.82, 2.24) is 5.43 Å². The van der Waals surface area contributed by atoms with E-state index in [1.165, 1.54) is 18.4 Å². The molecule has 1 heterocycles. The van der Waals surface area contributed by atoms with E-state index in [1.807, 2.05) is 5.43 Å². The SMILES string of the molecule is O=C(N/N=C\[C@H](O)[C@@H](O)[C@H](O)[C@H](O)CO)c1ccco1. The molecular formula is C11H16N2O7.